The molecule has 2 unspecified atom stereocenters. The van der Waals surface area contributed by atoms with Crippen LogP contribution < -0.4 is 11.1 Å². The molecule has 2 aromatic rings. The SMILES string of the molecule is Cc1cc(NC(=O)c2cccc(C3CC3N)c2)on1. The molecule has 19 heavy (non-hydrogen) atoms. The van der Waals surface area contributed by atoms with E-state index in [1.165, 1.54) is 0 Å². The Hall–Kier alpha value is -2.14. The maximum Gasteiger partial charge on any atom is 0.258 e. The van der Waals surface area contributed by atoms with E-state index in [1.54, 1.807) is 19.1 Å². The van der Waals surface area contributed by atoms with Crippen molar-refractivity contribution in [3.05, 3.63) is 47.2 Å². The molecule has 0 aliphatic heterocycles. The van der Waals surface area contributed by atoms with Gasteiger partial charge in [0.1, 0.15) is 0 Å². The van der Waals surface area contributed by atoms with E-state index in [1.807, 2.05) is 18.2 Å². The number of benzene rings is 1. The fourth-order valence-corrected chi connectivity index (χ4v) is 2.12. The van der Waals surface area contributed by atoms with E-state index >= 15 is 0 Å². The predicted molar refractivity (Wildman–Crippen MR) is 71.0 cm³/mol. The summed E-state index contributed by atoms with van der Waals surface area (Å²) in [6.45, 7) is 1.80. The van der Waals surface area contributed by atoms with E-state index in [0.29, 0.717) is 17.4 Å². The van der Waals surface area contributed by atoms with E-state index in [2.05, 4.69) is 10.5 Å². The molecule has 5 nitrogen and oxygen atoms in total. The third-order valence-corrected chi connectivity index (χ3v) is 3.28. The average molecular weight is 257 g/mol. The Morgan fingerprint density at radius 3 is 2.89 bits per heavy atom. The molecule has 0 saturated heterocycles. The number of nitrogens with zero attached hydrogens (tertiary/aromatic N) is 1. The lowest BCUT2D eigenvalue weighted by molar-refractivity contribution is 0.102. The summed E-state index contributed by atoms with van der Waals surface area (Å²) in [6.07, 6.45) is 0.992. The molecule has 1 heterocycles. The van der Waals surface area contributed by atoms with Crippen LogP contribution in [0.15, 0.2) is 34.9 Å². The summed E-state index contributed by atoms with van der Waals surface area (Å²) in [4.78, 5) is 12.1. The molecule has 1 aliphatic carbocycles. The number of nitrogens with two attached hydrogens (primary N) is 1. The highest BCUT2D eigenvalue weighted by Crippen LogP contribution is 2.39. The Balaban J connectivity index is 1.76. The van der Waals surface area contributed by atoms with Gasteiger partial charge in [-0.25, -0.2) is 0 Å². The summed E-state index contributed by atoms with van der Waals surface area (Å²) >= 11 is 0. The molecule has 3 rings (SSSR count). The highest BCUT2D eigenvalue weighted by Gasteiger charge is 2.34. The molecule has 1 amide bonds. The first-order valence-corrected chi connectivity index (χ1v) is 6.23. The Bertz CT molecular complexity index is 621. The zero-order chi connectivity index (χ0) is 13.4. The van der Waals surface area contributed by atoms with Gasteiger partial charge in [-0.3, -0.25) is 10.1 Å². The summed E-state index contributed by atoms with van der Waals surface area (Å²) in [7, 11) is 0. The number of nitrogens with one attached hydrogen (secondary N) is 1. The molecule has 2 atom stereocenters. The maximum absolute atomic E-state index is 12.1. The van der Waals surface area contributed by atoms with E-state index < -0.39 is 0 Å². The zero-order valence-corrected chi connectivity index (χ0v) is 10.6. The highest BCUT2D eigenvalue weighted by atomic mass is 16.5. The van der Waals surface area contributed by atoms with Crippen LogP contribution in [0.1, 0.15) is 34.0 Å². The van der Waals surface area contributed by atoms with Crippen molar-refractivity contribution in [2.75, 3.05) is 5.32 Å². The van der Waals surface area contributed by atoms with Crippen LogP contribution in [-0.4, -0.2) is 17.1 Å². The van der Waals surface area contributed by atoms with Crippen LogP contribution in [0.3, 0.4) is 0 Å². The van der Waals surface area contributed by atoms with Crippen LogP contribution in [-0.2, 0) is 0 Å². The standard InChI is InChI=1S/C14H15N3O2/c1-8-5-13(19-17-8)16-14(18)10-4-2-3-9(6-10)11-7-12(11)15/h2-6,11-12H,7,15H2,1H3,(H,16,18). The zero-order valence-electron chi connectivity index (χ0n) is 10.6. The van der Waals surface area contributed by atoms with Crippen molar-refractivity contribution < 1.29 is 9.32 Å². The summed E-state index contributed by atoms with van der Waals surface area (Å²) in [5.74, 6) is 0.545. The third kappa shape index (κ3) is 2.51. The average Bonchev–Trinajstić information content (AvgIpc) is 3.00. The van der Waals surface area contributed by atoms with Crippen molar-refractivity contribution in [1.29, 1.82) is 0 Å². The second-order valence-corrected chi connectivity index (χ2v) is 4.92. The molecule has 1 aromatic carbocycles. The molecule has 98 valence electrons. The van der Waals surface area contributed by atoms with Crippen molar-refractivity contribution in [1.82, 2.24) is 5.16 Å². The lowest BCUT2D eigenvalue weighted by Crippen LogP contribution is -2.11. The van der Waals surface area contributed by atoms with Gasteiger partial charge in [0.05, 0.1) is 5.69 Å². The van der Waals surface area contributed by atoms with Crippen molar-refractivity contribution in [2.45, 2.75) is 25.3 Å². The molecular weight excluding hydrogens is 242 g/mol. The van der Waals surface area contributed by atoms with Gasteiger partial charge in [-0.15, -0.1) is 0 Å². The van der Waals surface area contributed by atoms with Crippen molar-refractivity contribution in [3.8, 4) is 0 Å². The van der Waals surface area contributed by atoms with Gasteiger partial charge in [0.2, 0.25) is 5.88 Å². The van der Waals surface area contributed by atoms with E-state index in [4.69, 9.17) is 10.3 Å². The number of hydrogen-bond acceptors (Lipinski definition) is 4. The normalized spacial score (nSPS) is 21.2. The van der Waals surface area contributed by atoms with Crippen LogP contribution >= 0.6 is 0 Å². The first kappa shape index (κ1) is 11.9. The second kappa shape index (κ2) is 4.51. The third-order valence-electron chi connectivity index (χ3n) is 3.28. The number of anilines is 1. The minimum Gasteiger partial charge on any atom is -0.338 e. The number of amides is 1. The van der Waals surface area contributed by atoms with Gasteiger partial charge in [-0.1, -0.05) is 17.3 Å². The molecule has 0 bridgehead atoms. The fraction of sp³-hybridized carbons (Fsp3) is 0.286. The van der Waals surface area contributed by atoms with Crippen LogP contribution in [0.25, 0.3) is 0 Å². The summed E-state index contributed by atoms with van der Waals surface area (Å²) < 4.78 is 4.96. The molecule has 0 spiro atoms. The van der Waals surface area contributed by atoms with Crippen LogP contribution in [0, 0.1) is 6.92 Å². The number of aryl methyl sites for hydroxylation is 1. The molecule has 1 aromatic heterocycles. The predicted octanol–water partition coefficient (Wildman–Crippen LogP) is 2.05. The lowest BCUT2D eigenvalue weighted by atomic mass is 10.1. The smallest absolute Gasteiger partial charge is 0.258 e. The van der Waals surface area contributed by atoms with Gasteiger partial charge in [0, 0.05) is 23.6 Å². The maximum atomic E-state index is 12.1. The Morgan fingerprint density at radius 2 is 2.26 bits per heavy atom. The summed E-state index contributed by atoms with van der Waals surface area (Å²) in [5.41, 5.74) is 8.28. The number of hydrogen-bond donors (Lipinski definition) is 2. The van der Waals surface area contributed by atoms with Gasteiger partial charge >= 0.3 is 0 Å². The van der Waals surface area contributed by atoms with Crippen LogP contribution in [0.2, 0.25) is 0 Å². The quantitative estimate of drug-likeness (QED) is 0.881. The summed E-state index contributed by atoms with van der Waals surface area (Å²) in [6, 6.07) is 9.45. The van der Waals surface area contributed by atoms with Crippen molar-refractivity contribution in [3.63, 3.8) is 0 Å². The van der Waals surface area contributed by atoms with Gasteiger partial charge in [0.25, 0.3) is 5.91 Å². The van der Waals surface area contributed by atoms with Gasteiger partial charge in [-0.2, -0.15) is 0 Å². The van der Waals surface area contributed by atoms with E-state index in [-0.39, 0.29) is 11.9 Å². The highest BCUT2D eigenvalue weighted by molar-refractivity contribution is 6.03. The molecule has 1 fully saturated rings. The molecule has 1 aliphatic rings. The van der Waals surface area contributed by atoms with Crippen molar-refractivity contribution in [2.24, 2.45) is 5.73 Å². The van der Waals surface area contributed by atoms with E-state index in [9.17, 15) is 4.79 Å². The van der Waals surface area contributed by atoms with E-state index in [0.717, 1.165) is 17.7 Å². The Kier molecular flexibility index (Phi) is 2.83. The van der Waals surface area contributed by atoms with Crippen molar-refractivity contribution >= 4 is 11.8 Å². The van der Waals surface area contributed by atoms with Crippen LogP contribution in [0.4, 0.5) is 5.88 Å². The lowest BCUT2D eigenvalue weighted by Gasteiger charge is -2.04. The summed E-state index contributed by atoms with van der Waals surface area (Å²) in [5, 5.41) is 6.40. The first-order chi connectivity index (χ1) is 9.13. The largest absolute Gasteiger partial charge is 0.338 e. The number of carbonyl (C=O) groups excluding carboxylic acids is 1. The molecule has 1 saturated carbocycles. The molecule has 0 radical (unpaired) electrons. The molecular formula is C14H15N3O2. The number of carbonyl (C=O) groups is 1. The topological polar surface area (TPSA) is 81.2 Å². The molecule has 3 N–H and O–H groups in total. The first-order valence-electron chi connectivity index (χ1n) is 6.23. The second-order valence-electron chi connectivity index (χ2n) is 4.92. The Labute approximate surface area is 110 Å². The fourth-order valence-electron chi connectivity index (χ4n) is 2.12. The Morgan fingerprint density at radius 1 is 1.47 bits per heavy atom. The number of aromatic nitrogens is 1. The molecule has 5 heteroatoms. The van der Waals surface area contributed by atoms with Gasteiger partial charge in [-0.05, 0) is 31.0 Å². The van der Waals surface area contributed by atoms with Gasteiger partial charge in [0.15, 0.2) is 0 Å². The van der Waals surface area contributed by atoms with Crippen LogP contribution in [0.5, 0.6) is 0 Å². The van der Waals surface area contributed by atoms with Gasteiger partial charge < -0.3 is 10.3 Å². The number of rotatable bonds is 3. The minimum atomic E-state index is -0.202. The monoisotopic (exact) mass is 257 g/mol. The minimum absolute atomic E-state index is 0.202.